The molecule has 132 heavy (non-hydrogen) atoms. The average molecular weight is 1870 g/mol. The molecule has 1 aromatic heterocycles. The molecule has 3 aromatic carbocycles. The molecule has 0 aliphatic carbocycles. The number of nitrogens with zero attached hydrogens (tertiary/aromatic N) is 1. The van der Waals surface area contributed by atoms with Gasteiger partial charge in [-0.1, -0.05) is 95.1 Å². The normalized spacial score (nSPS) is 15.0. The number of aliphatic hydroxyl groups is 4. The molecule has 16 atom stereocenters. The summed E-state index contributed by atoms with van der Waals surface area (Å²) < 4.78 is 1.21. The van der Waals surface area contributed by atoms with Crippen LogP contribution in [0, 0.1) is 53.3 Å². The van der Waals surface area contributed by atoms with Gasteiger partial charge in [0.1, 0.15) is 29.1 Å². The predicted octanol–water partition coefficient (Wildman–Crippen LogP) is 1.61. The highest BCUT2D eigenvalue weighted by Crippen LogP contribution is 2.27. The second-order valence-corrected chi connectivity index (χ2v) is 35.0. The number of phenols is 2. The molecule has 4 aromatic rings. The van der Waals surface area contributed by atoms with Gasteiger partial charge in [0, 0.05) is 94.5 Å². The predicted molar refractivity (Wildman–Crippen MR) is 479 cm³/mol. The summed E-state index contributed by atoms with van der Waals surface area (Å²) in [6.07, 6.45) is -8.73. The number of unbranched alkanes of at least 4 members (excludes halogenated alkanes) is 1. The van der Waals surface area contributed by atoms with Crippen LogP contribution in [0.3, 0.4) is 0 Å². The Labute approximate surface area is 767 Å². The summed E-state index contributed by atoms with van der Waals surface area (Å²) in [5.74, 6) is -30.2. The Balaban J connectivity index is 1.53. The number of hydrogen-bond acceptors (Lipinski definition) is 28. The van der Waals surface area contributed by atoms with Crippen molar-refractivity contribution in [3.63, 3.8) is 0 Å². The quantitative estimate of drug-likeness (QED) is 0.0279. The Hall–Kier alpha value is -11.9. The number of aliphatic carboxylic acids is 3. The number of carbonyl (C=O) groups is 18. The number of benzene rings is 3. The number of aliphatic hydroxyl groups excluding tert-OH is 4. The first kappa shape index (κ1) is 112. The Morgan fingerprint density at radius 2 is 0.917 bits per heavy atom. The number of phenolic OH excluding ortho intramolecular Hbond substituents is 2. The number of amides is 7. The van der Waals surface area contributed by atoms with Crippen molar-refractivity contribution in [1.82, 2.24) is 46.8 Å². The first-order chi connectivity index (χ1) is 62.3. The molecule has 40 heteroatoms. The van der Waals surface area contributed by atoms with Gasteiger partial charge in [-0.3, -0.25) is 96.1 Å². The second kappa shape index (κ2) is 58.1. The number of carboxylic acid groups (broad SMARTS) is 3. The van der Waals surface area contributed by atoms with Crippen LogP contribution in [0.25, 0.3) is 0 Å². The van der Waals surface area contributed by atoms with E-state index in [1.807, 2.05) is 0 Å². The van der Waals surface area contributed by atoms with Crippen molar-refractivity contribution >= 4 is 117 Å². The standard InChI is InChI=1S/C92H128N10O29S/c1-8-52(4)84(79(116)40-60(34-57-19-24-64(107)25-20-57)87(126)96-71(33-51(2)3)75(112)38-61(42-82(120)121)86(125)95-53(5)15-12-13-30-93)101-89(128)63(47-103)41-76(113)72(36-58-21-26-65(108)27-22-58)97-88(127)62(43-83(122)123)39-77(114)74(48-104)99-91(130)70(55(7)106)45-78(115)73(35-56-16-10-9-11-17-56)98-90(129)69(54(6)105)44-67(110)46-94-85(124)59(23-28-81(118)119)37-68(111)50-132-49-66(109)18-14-31-102-32-29-80(117)100-92(102)131/h9-11,16-17,19-22,24-27,29,32,51-55,59-63,69-74,84,103-108H,8,12-15,18,23,28,30-31,33-50,93H2,1-7H3,(H,94,124)(H,95,125)(H,96,126)(H,97,127)(H,98,129)(H,99,130)(H,101,128)(H,118,119)(H,120,121)(H,122,123)(H,100,117,131)/t52-,53+,54+,55+,59+,60+,61-,62-,63-,69-,70-,71-,72-,73-,74-,84-/m0/s1. The molecule has 0 bridgehead atoms. The van der Waals surface area contributed by atoms with E-state index in [4.69, 9.17) is 5.73 Å². The molecule has 0 unspecified atom stereocenters. The molecule has 4 rings (SSSR count). The molecule has 39 nitrogen and oxygen atoms in total. The topological polar surface area (TPSA) is 654 Å². The maximum Gasteiger partial charge on any atom is 0.328 e. The number of H-pyrrole nitrogens is 1. The third-order valence-corrected chi connectivity index (χ3v) is 23.5. The van der Waals surface area contributed by atoms with Gasteiger partial charge in [0.2, 0.25) is 41.4 Å². The Morgan fingerprint density at radius 3 is 1.44 bits per heavy atom. The van der Waals surface area contributed by atoms with Crippen LogP contribution in [0.15, 0.2) is 101 Å². The Morgan fingerprint density at radius 1 is 0.439 bits per heavy atom. The SMILES string of the molecule is CC[C@H](C)[C@H](NC(=O)[C@H](CO)CC(=O)[C@H](Cc1ccc(O)cc1)NC(=O)[C@H](CC(=O)O)CC(=O)[C@H](CO)NC(=O)[C@@H](CC(=O)[C@H](Cc1ccccc1)NC(=O)[C@@H](CC(=O)CNC(=O)[C@H](CCC(=O)O)CC(=O)CSCC(=O)CCCn1ccc(=O)[nH]c1=O)[C@@H](C)O)[C@@H](C)O)C(=O)C[C@@H](Cc1ccc(O)cc1)C(=O)N[C@@H](CC(C)C)C(=O)C[C@@H](CC(=O)O)C(=O)N[C@H](C)CCCCN. The fraction of sp³-hybridized carbons (Fsp3) is 0.565. The summed E-state index contributed by atoms with van der Waals surface area (Å²) >= 11 is 0.938. The van der Waals surface area contributed by atoms with Crippen molar-refractivity contribution in [2.45, 2.75) is 238 Å². The van der Waals surface area contributed by atoms with Gasteiger partial charge < -0.3 is 93.5 Å². The van der Waals surface area contributed by atoms with E-state index >= 15 is 0 Å². The van der Waals surface area contributed by atoms with Crippen LogP contribution in [0.4, 0.5) is 0 Å². The minimum absolute atomic E-state index is 0.0228. The van der Waals surface area contributed by atoms with Crippen LogP contribution in [-0.2, 0) is 112 Å². The summed E-state index contributed by atoms with van der Waals surface area (Å²) in [7, 11) is 0. The van der Waals surface area contributed by atoms with Gasteiger partial charge in [0.15, 0.2) is 34.7 Å². The number of thioether (sulfide) groups is 1. The highest BCUT2D eigenvalue weighted by atomic mass is 32.2. The lowest BCUT2D eigenvalue weighted by Crippen LogP contribution is -2.52. The van der Waals surface area contributed by atoms with Crippen LogP contribution in [0.2, 0.25) is 0 Å². The molecular weight excluding hydrogens is 1740 g/mol. The van der Waals surface area contributed by atoms with Crippen molar-refractivity contribution in [2.24, 2.45) is 59.0 Å². The zero-order valence-electron chi connectivity index (χ0n) is 75.4. The largest absolute Gasteiger partial charge is 0.508 e. The molecule has 0 fully saturated rings. The van der Waals surface area contributed by atoms with Crippen molar-refractivity contribution in [2.75, 3.05) is 37.8 Å². The van der Waals surface area contributed by atoms with E-state index in [1.54, 1.807) is 65.0 Å². The summed E-state index contributed by atoms with van der Waals surface area (Å²) in [6, 6.07) is 11.5. The lowest BCUT2D eigenvalue weighted by Gasteiger charge is -2.28. The monoisotopic (exact) mass is 1870 g/mol. The number of carbonyl (C=O) groups excluding carboxylic acids is 15. The number of nitrogens with two attached hydrogens (primary N) is 1. The van der Waals surface area contributed by atoms with E-state index < -0.39 is 297 Å². The van der Waals surface area contributed by atoms with Gasteiger partial charge in [0.05, 0.1) is 110 Å². The van der Waals surface area contributed by atoms with E-state index in [0.717, 1.165) is 31.7 Å². The molecule has 1 heterocycles. The van der Waals surface area contributed by atoms with Crippen molar-refractivity contribution < 1.29 is 132 Å². The number of nitrogens with one attached hydrogen (secondary N) is 8. The number of aryl methyl sites for hydroxylation is 1. The van der Waals surface area contributed by atoms with Crippen LogP contribution in [-0.4, -0.2) is 247 Å². The molecule has 726 valence electrons. The average Bonchev–Trinajstić information content (AvgIpc) is 0.838. The molecule has 7 amide bonds. The number of aromatic hydroxyl groups is 2. The fourth-order valence-corrected chi connectivity index (χ4v) is 15.4. The zero-order valence-corrected chi connectivity index (χ0v) is 76.2. The number of Topliss-reactive ketones (excluding diaryl/α,β-unsaturated/α-hetero) is 8. The number of aromatic nitrogens is 2. The summed E-state index contributed by atoms with van der Waals surface area (Å²) in [5, 5.41) is 111. The van der Waals surface area contributed by atoms with Crippen molar-refractivity contribution in [3.05, 3.63) is 129 Å². The molecule has 0 aliphatic rings. The molecule has 0 saturated heterocycles. The van der Waals surface area contributed by atoms with Crippen molar-refractivity contribution in [3.8, 4) is 11.5 Å². The smallest absolute Gasteiger partial charge is 0.328 e. The third kappa shape index (κ3) is 41.3. The second-order valence-electron chi connectivity index (χ2n) is 34.0. The maximum atomic E-state index is 14.8. The summed E-state index contributed by atoms with van der Waals surface area (Å²) in [6.45, 7) is 8.24. The van der Waals surface area contributed by atoms with E-state index in [0.29, 0.717) is 36.9 Å². The number of aromatic amines is 1. The Kier molecular flexibility index (Phi) is 49.5. The van der Waals surface area contributed by atoms with E-state index in [-0.39, 0.29) is 91.8 Å². The highest BCUT2D eigenvalue weighted by molar-refractivity contribution is 8.00. The van der Waals surface area contributed by atoms with Crippen LogP contribution >= 0.6 is 11.8 Å². The molecule has 0 aliphatic heterocycles. The van der Waals surface area contributed by atoms with Gasteiger partial charge in [-0.25, -0.2) is 4.79 Å². The number of carboxylic acids is 3. The van der Waals surface area contributed by atoms with Crippen LogP contribution in [0.1, 0.15) is 181 Å². The van der Waals surface area contributed by atoms with Gasteiger partial charge in [-0.15, -0.1) is 11.8 Å². The maximum absolute atomic E-state index is 14.8. The zero-order chi connectivity index (χ0) is 98.6. The third-order valence-electron chi connectivity index (χ3n) is 22.5. The number of ketones is 8. The Bertz CT molecular complexity index is 4690. The van der Waals surface area contributed by atoms with Gasteiger partial charge in [-0.2, -0.15) is 0 Å². The molecule has 19 N–H and O–H groups in total. The van der Waals surface area contributed by atoms with Crippen LogP contribution < -0.4 is 54.2 Å². The van der Waals surface area contributed by atoms with E-state index in [9.17, 15) is 142 Å². The molecule has 0 spiro atoms. The van der Waals surface area contributed by atoms with Gasteiger partial charge in [0.25, 0.3) is 5.56 Å². The minimum Gasteiger partial charge on any atom is -0.508 e. The first-order valence-corrected chi connectivity index (χ1v) is 45.2. The van der Waals surface area contributed by atoms with Crippen molar-refractivity contribution in [1.29, 1.82) is 0 Å². The summed E-state index contributed by atoms with van der Waals surface area (Å²) in [4.78, 5) is 273. The van der Waals surface area contributed by atoms with E-state index in [2.05, 4.69) is 42.2 Å². The van der Waals surface area contributed by atoms with E-state index in [1.165, 1.54) is 59.3 Å². The number of rotatable bonds is 67. The minimum atomic E-state index is -2.00. The molecule has 0 saturated carbocycles. The molecule has 0 radical (unpaired) electrons. The van der Waals surface area contributed by atoms with Crippen LogP contribution in [0.5, 0.6) is 11.5 Å². The number of hydrogen-bond donors (Lipinski definition) is 18. The molecular formula is C92H128N10O29S. The van der Waals surface area contributed by atoms with Gasteiger partial charge in [-0.05, 0) is 131 Å². The lowest BCUT2D eigenvalue weighted by molar-refractivity contribution is -0.143. The highest BCUT2D eigenvalue weighted by Gasteiger charge is 2.41. The lowest BCUT2D eigenvalue weighted by atomic mass is 9.85. The van der Waals surface area contributed by atoms with Gasteiger partial charge >= 0.3 is 23.6 Å². The fourth-order valence-electron chi connectivity index (χ4n) is 14.6. The first-order valence-electron chi connectivity index (χ1n) is 44.0. The summed E-state index contributed by atoms with van der Waals surface area (Å²) in [5.41, 5.74) is 5.52.